The van der Waals surface area contributed by atoms with Gasteiger partial charge in [0.05, 0.1) is 13.3 Å². The van der Waals surface area contributed by atoms with Gasteiger partial charge in [0.2, 0.25) is 4.77 Å². The second-order valence-electron chi connectivity index (χ2n) is 6.01. The Bertz CT molecular complexity index is 1020. The van der Waals surface area contributed by atoms with E-state index in [4.69, 9.17) is 21.7 Å². The summed E-state index contributed by atoms with van der Waals surface area (Å²) >= 11 is 5.21. The Labute approximate surface area is 161 Å². The minimum Gasteiger partial charge on any atom is -0.494 e. The SMILES string of the molecule is COc1ccc(/C=N\n2c(COc3cc(C)cc(C)c3)n[nH]c2=S)cc1F. The van der Waals surface area contributed by atoms with Gasteiger partial charge in [0.15, 0.2) is 17.4 Å². The number of rotatable bonds is 6. The third-order valence-corrected chi connectivity index (χ3v) is 4.04. The summed E-state index contributed by atoms with van der Waals surface area (Å²) in [5, 5.41) is 11.1. The van der Waals surface area contributed by atoms with E-state index in [1.54, 1.807) is 6.07 Å². The molecule has 2 aromatic carbocycles. The third kappa shape index (κ3) is 4.59. The Morgan fingerprint density at radius 1 is 1.22 bits per heavy atom. The standard InChI is InChI=1S/C19H19FN4O2S/c1-12-6-13(2)8-15(7-12)26-11-18-22-23-19(27)24(18)21-10-14-4-5-17(25-3)16(20)9-14/h4-10H,11H2,1-3H3,(H,23,27)/b21-10-. The first-order valence-electron chi connectivity index (χ1n) is 8.21. The molecule has 0 amide bonds. The molecule has 0 aliphatic heterocycles. The molecule has 3 aromatic rings. The Kier molecular flexibility index (Phi) is 5.66. The van der Waals surface area contributed by atoms with Gasteiger partial charge in [-0.2, -0.15) is 14.9 Å². The van der Waals surface area contributed by atoms with Crippen molar-refractivity contribution in [2.75, 3.05) is 7.11 Å². The van der Waals surface area contributed by atoms with E-state index in [1.807, 2.05) is 26.0 Å². The predicted molar refractivity (Wildman–Crippen MR) is 104 cm³/mol. The van der Waals surface area contributed by atoms with Gasteiger partial charge in [0, 0.05) is 0 Å². The molecule has 0 fully saturated rings. The van der Waals surface area contributed by atoms with Crippen molar-refractivity contribution in [2.24, 2.45) is 5.10 Å². The fraction of sp³-hybridized carbons (Fsp3) is 0.211. The molecule has 0 atom stereocenters. The maximum atomic E-state index is 13.8. The minimum absolute atomic E-state index is 0.176. The van der Waals surface area contributed by atoms with Gasteiger partial charge < -0.3 is 9.47 Å². The van der Waals surface area contributed by atoms with E-state index >= 15 is 0 Å². The van der Waals surface area contributed by atoms with Gasteiger partial charge in [0.25, 0.3) is 0 Å². The van der Waals surface area contributed by atoms with Crippen LogP contribution in [0, 0.1) is 24.4 Å². The fourth-order valence-corrected chi connectivity index (χ4v) is 2.79. The number of H-pyrrole nitrogens is 1. The van der Waals surface area contributed by atoms with E-state index in [9.17, 15) is 4.39 Å². The number of halogens is 1. The van der Waals surface area contributed by atoms with Gasteiger partial charge in [-0.15, -0.1) is 0 Å². The number of nitrogens with one attached hydrogen (secondary N) is 1. The van der Waals surface area contributed by atoms with Crippen LogP contribution in [0.25, 0.3) is 0 Å². The third-order valence-electron chi connectivity index (χ3n) is 3.78. The van der Waals surface area contributed by atoms with Crippen LogP contribution in [-0.4, -0.2) is 28.2 Å². The van der Waals surface area contributed by atoms with Crippen LogP contribution in [0.3, 0.4) is 0 Å². The average Bonchev–Trinajstić information content (AvgIpc) is 2.97. The lowest BCUT2D eigenvalue weighted by atomic mass is 10.1. The summed E-state index contributed by atoms with van der Waals surface area (Å²) < 4.78 is 26.3. The highest BCUT2D eigenvalue weighted by atomic mass is 32.1. The summed E-state index contributed by atoms with van der Waals surface area (Å²) in [6.45, 7) is 4.20. The molecular formula is C19H19FN4O2S. The molecule has 0 saturated heterocycles. The number of methoxy groups -OCH3 is 1. The maximum absolute atomic E-state index is 13.8. The number of nitrogens with zero attached hydrogens (tertiary/aromatic N) is 3. The first-order chi connectivity index (χ1) is 13.0. The largest absolute Gasteiger partial charge is 0.494 e. The normalized spacial score (nSPS) is 11.1. The highest BCUT2D eigenvalue weighted by Crippen LogP contribution is 2.18. The van der Waals surface area contributed by atoms with E-state index < -0.39 is 5.82 Å². The monoisotopic (exact) mass is 386 g/mol. The molecule has 0 spiro atoms. The van der Waals surface area contributed by atoms with E-state index in [0.29, 0.717) is 16.2 Å². The van der Waals surface area contributed by atoms with Crippen molar-refractivity contribution in [2.45, 2.75) is 20.5 Å². The number of aromatic nitrogens is 3. The highest BCUT2D eigenvalue weighted by molar-refractivity contribution is 7.71. The molecule has 0 unspecified atom stereocenters. The van der Waals surface area contributed by atoms with Gasteiger partial charge in [-0.1, -0.05) is 6.07 Å². The average molecular weight is 386 g/mol. The molecule has 0 bridgehead atoms. The predicted octanol–water partition coefficient (Wildman–Crippen LogP) is 4.17. The first-order valence-corrected chi connectivity index (χ1v) is 8.62. The van der Waals surface area contributed by atoms with Gasteiger partial charge in [-0.25, -0.2) is 9.49 Å². The van der Waals surface area contributed by atoms with Crippen molar-refractivity contribution in [1.82, 2.24) is 14.9 Å². The molecule has 8 heteroatoms. The van der Waals surface area contributed by atoms with Crippen molar-refractivity contribution in [1.29, 1.82) is 0 Å². The van der Waals surface area contributed by atoms with Crippen LogP contribution < -0.4 is 9.47 Å². The van der Waals surface area contributed by atoms with Crippen molar-refractivity contribution in [3.8, 4) is 11.5 Å². The van der Waals surface area contributed by atoms with Gasteiger partial charge in [0.1, 0.15) is 12.4 Å². The topological polar surface area (TPSA) is 64.4 Å². The Morgan fingerprint density at radius 2 is 1.96 bits per heavy atom. The molecule has 1 heterocycles. The van der Waals surface area contributed by atoms with Crippen LogP contribution >= 0.6 is 12.2 Å². The zero-order valence-corrected chi connectivity index (χ0v) is 16.0. The molecule has 0 radical (unpaired) electrons. The molecule has 0 aliphatic carbocycles. The van der Waals surface area contributed by atoms with Crippen LogP contribution in [0.15, 0.2) is 41.5 Å². The van der Waals surface area contributed by atoms with Crippen LogP contribution in [0.1, 0.15) is 22.5 Å². The van der Waals surface area contributed by atoms with Crippen molar-refractivity contribution >= 4 is 18.4 Å². The van der Waals surface area contributed by atoms with E-state index in [0.717, 1.165) is 16.9 Å². The van der Waals surface area contributed by atoms with Crippen molar-refractivity contribution < 1.29 is 13.9 Å². The van der Waals surface area contributed by atoms with Crippen LogP contribution in [0.5, 0.6) is 11.5 Å². The summed E-state index contributed by atoms with van der Waals surface area (Å²) in [6.07, 6.45) is 1.49. The smallest absolute Gasteiger partial charge is 0.216 e. The van der Waals surface area contributed by atoms with E-state index in [-0.39, 0.29) is 12.4 Å². The quantitative estimate of drug-likeness (QED) is 0.510. The molecule has 140 valence electrons. The van der Waals surface area contributed by atoms with Crippen molar-refractivity contribution in [3.05, 3.63) is 69.5 Å². The molecule has 0 aliphatic rings. The summed E-state index contributed by atoms with van der Waals surface area (Å²) in [4.78, 5) is 0. The lowest BCUT2D eigenvalue weighted by Crippen LogP contribution is -2.04. The molecular weight excluding hydrogens is 367 g/mol. The van der Waals surface area contributed by atoms with Gasteiger partial charge in [-0.05, 0) is 73.1 Å². The van der Waals surface area contributed by atoms with Crippen LogP contribution in [0.2, 0.25) is 0 Å². The summed E-state index contributed by atoms with van der Waals surface area (Å²) in [6, 6.07) is 10.5. The molecule has 6 nitrogen and oxygen atoms in total. The molecule has 1 N–H and O–H groups in total. The second-order valence-corrected chi connectivity index (χ2v) is 6.39. The summed E-state index contributed by atoms with van der Waals surface area (Å²) in [7, 11) is 1.42. The highest BCUT2D eigenvalue weighted by Gasteiger charge is 2.07. The lowest BCUT2D eigenvalue weighted by Gasteiger charge is -2.07. The Morgan fingerprint density at radius 3 is 2.63 bits per heavy atom. The molecule has 0 saturated carbocycles. The number of aryl methyl sites for hydroxylation is 2. The maximum Gasteiger partial charge on any atom is 0.216 e. The van der Waals surface area contributed by atoms with Crippen LogP contribution in [-0.2, 0) is 6.61 Å². The number of aromatic amines is 1. The number of benzene rings is 2. The lowest BCUT2D eigenvalue weighted by molar-refractivity contribution is 0.290. The summed E-state index contributed by atoms with van der Waals surface area (Å²) in [5.41, 5.74) is 2.80. The number of hydrogen-bond donors (Lipinski definition) is 1. The number of ether oxygens (including phenoxy) is 2. The Balaban J connectivity index is 1.78. The minimum atomic E-state index is -0.462. The van der Waals surface area contributed by atoms with Crippen molar-refractivity contribution in [3.63, 3.8) is 0 Å². The first kappa shape index (κ1) is 18.8. The molecule has 27 heavy (non-hydrogen) atoms. The number of hydrogen-bond acceptors (Lipinski definition) is 5. The Hall–Kier alpha value is -3.00. The van der Waals surface area contributed by atoms with Gasteiger partial charge >= 0.3 is 0 Å². The zero-order valence-electron chi connectivity index (χ0n) is 15.2. The zero-order chi connectivity index (χ0) is 19.4. The molecule has 3 rings (SSSR count). The fourth-order valence-electron chi connectivity index (χ4n) is 2.59. The summed E-state index contributed by atoms with van der Waals surface area (Å²) in [5.74, 6) is 0.962. The molecule has 1 aromatic heterocycles. The second kappa shape index (κ2) is 8.13. The van der Waals surface area contributed by atoms with E-state index in [2.05, 4.69) is 21.4 Å². The van der Waals surface area contributed by atoms with E-state index in [1.165, 1.54) is 30.1 Å². The van der Waals surface area contributed by atoms with Gasteiger partial charge in [-0.3, -0.25) is 0 Å². The van der Waals surface area contributed by atoms with Crippen LogP contribution in [0.4, 0.5) is 4.39 Å².